The molecular formula is C16H21NO2S. The summed E-state index contributed by atoms with van der Waals surface area (Å²) in [5, 5.41) is 2.04. The SMILES string of the molecule is CCOC(=O)C1=CSC(c2ccc(C(C)C)cc2)N1C. The van der Waals surface area contributed by atoms with E-state index in [9.17, 15) is 4.79 Å². The lowest BCUT2D eigenvalue weighted by Gasteiger charge is -2.24. The Morgan fingerprint density at radius 3 is 2.55 bits per heavy atom. The average molecular weight is 291 g/mol. The van der Waals surface area contributed by atoms with Crippen molar-refractivity contribution in [3.05, 3.63) is 46.5 Å². The second-order valence-electron chi connectivity index (χ2n) is 5.14. The van der Waals surface area contributed by atoms with Crippen LogP contribution in [0.4, 0.5) is 0 Å². The first kappa shape index (κ1) is 15.0. The van der Waals surface area contributed by atoms with Crippen LogP contribution in [0.2, 0.25) is 0 Å². The molecule has 0 saturated heterocycles. The highest BCUT2D eigenvalue weighted by Crippen LogP contribution is 2.41. The van der Waals surface area contributed by atoms with Crippen molar-refractivity contribution >= 4 is 17.7 Å². The van der Waals surface area contributed by atoms with Gasteiger partial charge in [0.25, 0.3) is 0 Å². The van der Waals surface area contributed by atoms with Gasteiger partial charge in [0.2, 0.25) is 0 Å². The fraction of sp³-hybridized carbons (Fsp3) is 0.438. The van der Waals surface area contributed by atoms with Crippen molar-refractivity contribution in [2.24, 2.45) is 0 Å². The van der Waals surface area contributed by atoms with E-state index in [-0.39, 0.29) is 11.3 Å². The van der Waals surface area contributed by atoms with Gasteiger partial charge in [-0.25, -0.2) is 4.79 Å². The minimum atomic E-state index is -0.246. The number of likely N-dealkylation sites (N-methyl/N-ethyl adjacent to an activating group) is 1. The molecule has 1 aliphatic rings. The summed E-state index contributed by atoms with van der Waals surface area (Å²) < 4.78 is 5.07. The van der Waals surface area contributed by atoms with E-state index >= 15 is 0 Å². The zero-order valence-electron chi connectivity index (χ0n) is 12.4. The van der Waals surface area contributed by atoms with Crippen LogP contribution in [0.5, 0.6) is 0 Å². The summed E-state index contributed by atoms with van der Waals surface area (Å²) in [7, 11) is 1.93. The standard InChI is InChI=1S/C16H21NO2S/c1-5-19-16(18)14-10-20-15(17(14)4)13-8-6-12(7-9-13)11(2)3/h6-11,15H,5H2,1-4H3. The second-order valence-corrected chi connectivity index (χ2v) is 6.10. The third kappa shape index (κ3) is 3.01. The molecule has 0 spiro atoms. The van der Waals surface area contributed by atoms with Gasteiger partial charge < -0.3 is 9.64 Å². The van der Waals surface area contributed by atoms with E-state index in [1.54, 1.807) is 11.8 Å². The van der Waals surface area contributed by atoms with Crippen molar-refractivity contribution in [2.45, 2.75) is 32.1 Å². The van der Waals surface area contributed by atoms with Gasteiger partial charge in [-0.1, -0.05) is 38.1 Å². The Morgan fingerprint density at radius 1 is 1.35 bits per heavy atom. The van der Waals surface area contributed by atoms with Crippen molar-refractivity contribution < 1.29 is 9.53 Å². The van der Waals surface area contributed by atoms with Crippen LogP contribution in [-0.2, 0) is 9.53 Å². The highest BCUT2D eigenvalue weighted by Gasteiger charge is 2.29. The van der Waals surface area contributed by atoms with E-state index in [1.165, 1.54) is 11.1 Å². The summed E-state index contributed by atoms with van der Waals surface area (Å²) in [6.45, 7) is 6.60. The summed E-state index contributed by atoms with van der Waals surface area (Å²) in [5.41, 5.74) is 3.17. The summed E-state index contributed by atoms with van der Waals surface area (Å²) in [6.07, 6.45) is 0. The Kier molecular flexibility index (Phi) is 4.76. The van der Waals surface area contributed by atoms with E-state index in [0.717, 1.165) is 0 Å². The van der Waals surface area contributed by atoms with Gasteiger partial charge in [0.1, 0.15) is 11.1 Å². The topological polar surface area (TPSA) is 29.5 Å². The van der Waals surface area contributed by atoms with Crippen molar-refractivity contribution in [1.82, 2.24) is 4.90 Å². The lowest BCUT2D eigenvalue weighted by molar-refractivity contribution is -0.140. The first-order valence-electron chi connectivity index (χ1n) is 6.90. The van der Waals surface area contributed by atoms with E-state index < -0.39 is 0 Å². The number of esters is 1. The molecular weight excluding hydrogens is 270 g/mol. The molecule has 0 N–H and O–H groups in total. The molecule has 4 heteroatoms. The fourth-order valence-corrected chi connectivity index (χ4v) is 3.31. The molecule has 1 atom stereocenters. The largest absolute Gasteiger partial charge is 0.461 e. The molecule has 1 aromatic rings. The number of ether oxygens (including phenoxy) is 1. The van der Waals surface area contributed by atoms with Crippen molar-refractivity contribution in [1.29, 1.82) is 0 Å². The molecule has 0 radical (unpaired) electrons. The molecule has 3 nitrogen and oxygen atoms in total. The van der Waals surface area contributed by atoms with Gasteiger partial charge in [0, 0.05) is 12.5 Å². The molecule has 0 fully saturated rings. The van der Waals surface area contributed by atoms with Crippen LogP contribution in [-0.4, -0.2) is 24.5 Å². The van der Waals surface area contributed by atoms with Gasteiger partial charge >= 0.3 is 5.97 Å². The number of hydrogen-bond donors (Lipinski definition) is 0. The lowest BCUT2D eigenvalue weighted by atomic mass is 10.0. The minimum Gasteiger partial charge on any atom is -0.461 e. The minimum absolute atomic E-state index is 0.149. The molecule has 0 bridgehead atoms. The fourth-order valence-electron chi connectivity index (χ4n) is 2.17. The Morgan fingerprint density at radius 2 is 2.00 bits per heavy atom. The second kappa shape index (κ2) is 6.35. The third-order valence-electron chi connectivity index (χ3n) is 3.41. The average Bonchev–Trinajstić information content (AvgIpc) is 2.81. The highest BCUT2D eigenvalue weighted by atomic mass is 32.2. The first-order chi connectivity index (χ1) is 9.54. The molecule has 108 valence electrons. The third-order valence-corrected chi connectivity index (χ3v) is 4.62. The van der Waals surface area contributed by atoms with Crippen LogP contribution in [0.15, 0.2) is 35.4 Å². The molecule has 1 heterocycles. The maximum atomic E-state index is 11.8. The molecule has 1 unspecified atom stereocenters. The quantitative estimate of drug-likeness (QED) is 0.787. The van der Waals surface area contributed by atoms with Crippen molar-refractivity contribution in [2.75, 3.05) is 13.7 Å². The van der Waals surface area contributed by atoms with Crippen molar-refractivity contribution in [3.63, 3.8) is 0 Å². The summed E-state index contributed by atoms with van der Waals surface area (Å²) in [6, 6.07) is 8.62. The molecule has 20 heavy (non-hydrogen) atoms. The predicted molar refractivity (Wildman–Crippen MR) is 83.3 cm³/mol. The molecule has 2 rings (SSSR count). The molecule has 0 saturated carbocycles. The van der Waals surface area contributed by atoms with Crippen LogP contribution in [0.1, 0.15) is 43.2 Å². The maximum absolute atomic E-state index is 11.8. The van der Waals surface area contributed by atoms with Crippen LogP contribution in [0, 0.1) is 0 Å². The maximum Gasteiger partial charge on any atom is 0.355 e. The zero-order chi connectivity index (χ0) is 14.7. The lowest BCUT2D eigenvalue weighted by Crippen LogP contribution is -2.24. The molecule has 0 aliphatic carbocycles. The number of carbonyl (C=O) groups excluding carboxylic acids is 1. The smallest absolute Gasteiger partial charge is 0.355 e. The summed E-state index contributed by atoms with van der Waals surface area (Å²) in [4.78, 5) is 13.8. The highest BCUT2D eigenvalue weighted by molar-refractivity contribution is 8.02. The van der Waals surface area contributed by atoms with Crippen LogP contribution < -0.4 is 0 Å². The van der Waals surface area contributed by atoms with E-state index in [1.807, 2.05) is 24.3 Å². The number of nitrogens with zero attached hydrogens (tertiary/aromatic N) is 1. The number of benzene rings is 1. The first-order valence-corrected chi connectivity index (χ1v) is 7.84. The Balaban J connectivity index is 2.11. The van der Waals surface area contributed by atoms with E-state index in [2.05, 4.69) is 38.1 Å². The van der Waals surface area contributed by atoms with Gasteiger partial charge in [-0.3, -0.25) is 0 Å². The molecule has 1 aromatic carbocycles. The summed E-state index contributed by atoms with van der Waals surface area (Å²) >= 11 is 1.64. The molecule has 0 amide bonds. The Hall–Kier alpha value is -1.42. The van der Waals surface area contributed by atoms with Gasteiger partial charge in [-0.05, 0) is 24.0 Å². The number of rotatable bonds is 4. The normalized spacial score (nSPS) is 18.4. The van der Waals surface area contributed by atoms with Gasteiger partial charge in [-0.2, -0.15) is 0 Å². The molecule has 0 aromatic heterocycles. The van der Waals surface area contributed by atoms with Gasteiger partial charge in [0.15, 0.2) is 0 Å². The summed E-state index contributed by atoms with van der Waals surface area (Å²) in [5.74, 6) is 0.287. The van der Waals surface area contributed by atoms with Crippen LogP contribution in [0.3, 0.4) is 0 Å². The Labute approximate surface area is 125 Å². The molecule has 1 aliphatic heterocycles. The van der Waals surface area contributed by atoms with E-state index in [0.29, 0.717) is 18.2 Å². The monoisotopic (exact) mass is 291 g/mol. The van der Waals surface area contributed by atoms with Gasteiger partial charge in [-0.15, -0.1) is 11.8 Å². The Bertz CT molecular complexity index is 508. The number of thioether (sulfide) groups is 1. The van der Waals surface area contributed by atoms with Crippen LogP contribution >= 0.6 is 11.8 Å². The number of carbonyl (C=O) groups is 1. The number of hydrogen-bond acceptors (Lipinski definition) is 4. The van der Waals surface area contributed by atoms with E-state index in [4.69, 9.17) is 4.74 Å². The zero-order valence-corrected chi connectivity index (χ0v) is 13.2. The van der Waals surface area contributed by atoms with Crippen LogP contribution in [0.25, 0.3) is 0 Å². The predicted octanol–water partition coefficient (Wildman–Crippen LogP) is 3.89. The van der Waals surface area contributed by atoms with Gasteiger partial charge in [0.05, 0.1) is 6.61 Å². The van der Waals surface area contributed by atoms with Crippen molar-refractivity contribution in [3.8, 4) is 0 Å².